The highest BCUT2D eigenvalue weighted by Gasteiger charge is 2.30. The van der Waals surface area contributed by atoms with Gasteiger partial charge in [0.1, 0.15) is 5.82 Å². The zero-order valence-corrected chi connectivity index (χ0v) is 7.67. The molecule has 1 unspecified atom stereocenters. The second-order valence-corrected chi connectivity index (χ2v) is 3.45. The Balaban J connectivity index is 2.74. The van der Waals surface area contributed by atoms with E-state index >= 15 is 0 Å². The van der Waals surface area contributed by atoms with E-state index in [9.17, 15) is 13.2 Å². The molecule has 14 heavy (non-hydrogen) atoms. The molecule has 2 N–H and O–H groups in total. The van der Waals surface area contributed by atoms with Gasteiger partial charge in [-0.3, -0.25) is 4.98 Å². The van der Waals surface area contributed by atoms with Crippen molar-refractivity contribution < 1.29 is 13.2 Å². The minimum atomic E-state index is -2.63. The van der Waals surface area contributed by atoms with E-state index < -0.39 is 17.8 Å². The van der Waals surface area contributed by atoms with Crippen LogP contribution in [0.2, 0.25) is 0 Å². The van der Waals surface area contributed by atoms with Crippen LogP contribution < -0.4 is 5.73 Å². The summed E-state index contributed by atoms with van der Waals surface area (Å²) < 4.78 is 37.1. The molecule has 0 saturated carbocycles. The van der Waals surface area contributed by atoms with Gasteiger partial charge in [-0.15, -0.1) is 0 Å². The maximum absolute atomic E-state index is 12.4. The number of nitrogens with two attached hydrogens (primary N) is 1. The van der Waals surface area contributed by atoms with Crippen molar-refractivity contribution in [2.45, 2.75) is 25.3 Å². The van der Waals surface area contributed by atoms with Crippen LogP contribution in [0, 0.1) is 5.82 Å². The van der Waals surface area contributed by atoms with E-state index in [2.05, 4.69) is 4.98 Å². The summed E-state index contributed by atoms with van der Waals surface area (Å²) in [7, 11) is 0. The van der Waals surface area contributed by atoms with Crippen molar-refractivity contribution in [3.05, 3.63) is 29.8 Å². The summed E-state index contributed by atoms with van der Waals surface area (Å²) in [5.41, 5.74) is 4.08. The highest BCUT2D eigenvalue weighted by atomic mass is 19.3. The number of aromatic nitrogens is 1. The standard InChI is InChI=1S/C9H11F3N2/c1-9(13,8(11)12)4-7-3-2-6(10)5-14-7/h2-3,5,8H,4,13H2,1H3. The molecule has 2 nitrogen and oxygen atoms in total. The largest absolute Gasteiger partial charge is 0.320 e. The summed E-state index contributed by atoms with van der Waals surface area (Å²) >= 11 is 0. The molecule has 1 heterocycles. The maximum Gasteiger partial charge on any atom is 0.256 e. The van der Waals surface area contributed by atoms with Crippen LogP contribution in [0.3, 0.4) is 0 Å². The van der Waals surface area contributed by atoms with Crippen LogP contribution in [-0.4, -0.2) is 16.9 Å². The monoisotopic (exact) mass is 204 g/mol. The van der Waals surface area contributed by atoms with Gasteiger partial charge in [0.05, 0.1) is 11.7 Å². The Morgan fingerprint density at radius 2 is 2.14 bits per heavy atom. The zero-order valence-electron chi connectivity index (χ0n) is 7.67. The van der Waals surface area contributed by atoms with E-state index in [4.69, 9.17) is 5.73 Å². The highest BCUT2D eigenvalue weighted by molar-refractivity contribution is 5.09. The minimum Gasteiger partial charge on any atom is -0.320 e. The molecule has 1 atom stereocenters. The lowest BCUT2D eigenvalue weighted by molar-refractivity contribution is 0.0634. The third-order valence-corrected chi connectivity index (χ3v) is 1.85. The van der Waals surface area contributed by atoms with E-state index in [1.54, 1.807) is 0 Å². The van der Waals surface area contributed by atoms with Gasteiger partial charge in [-0.1, -0.05) is 0 Å². The van der Waals surface area contributed by atoms with Crippen molar-refractivity contribution in [1.29, 1.82) is 0 Å². The lowest BCUT2D eigenvalue weighted by atomic mass is 9.97. The number of halogens is 3. The molecule has 78 valence electrons. The fourth-order valence-corrected chi connectivity index (χ4v) is 0.978. The predicted molar refractivity (Wildman–Crippen MR) is 46.5 cm³/mol. The summed E-state index contributed by atoms with van der Waals surface area (Å²) in [6.45, 7) is 1.24. The quantitative estimate of drug-likeness (QED) is 0.814. The van der Waals surface area contributed by atoms with Crippen LogP contribution >= 0.6 is 0 Å². The Morgan fingerprint density at radius 1 is 1.50 bits per heavy atom. The van der Waals surface area contributed by atoms with Gasteiger partial charge in [-0.25, -0.2) is 13.2 Å². The first-order valence-electron chi connectivity index (χ1n) is 4.09. The lowest BCUT2D eigenvalue weighted by Gasteiger charge is -2.22. The fraction of sp³-hybridized carbons (Fsp3) is 0.444. The fourth-order valence-electron chi connectivity index (χ4n) is 0.978. The Morgan fingerprint density at radius 3 is 2.57 bits per heavy atom. The van der Waals surface area contributed by atoms with Gasteiger partial charge in [-0.2, -0.15) is 0 Å². The second-order valence-electron chi connectivity index (χ2n) is 3.45. The van der Waals surface area contributed by atoms with Crippen LogP contribution in [0.4, 0.5) is 13.2 Å². The molecule has 0 saturated heterocycles. The molecule has 0 aromatic carbocycles. The van der Waals surface area contributed by atoms with Crippen LogP contribution in [0.1, 0.15) is 12.6 Å². The Kier molecular flexibility index (Phi) is 3.10. The van der Waals surface area contributed by atoms with Gasteiger partial charge in [0.2, 0.25) is 0 Å². The SMILES string of the molecule is CC(N)(Cc1ccc(F)cn1)C(F)F. The van der Waals surface area contributed by atoms with Crippen molar-refractivity contribution in [1.82, 2.24) is 4.98 Å². The molecule has 0 radical (unpaired) electrons. The van der Waals surface area contributed by atoms with Crippen molar-refractivity contribution in [2.75, 3.05) is 0 Å². The first kappa shape index (κ1) is 11.0. The number of rotatable bonds is 3. The number of hydrogen-bond donors (Lipinski definition) is 1. The molecule has 0 aliphatic rings. The summed E-state index contributed by atoms with van der Waals surface area (Å²) in [5.74, 6) is -0.496. The molecule has 1 aromatic heterocycles. The van der Waals surface area contributed by atoms with Gasteiger partial charge in [0.15, 0.2) is 0 Å². The average molecular weight is 204 g/mol. The summed E-state index contributed by atoms with van der Waals surface area (Å²) in [4.78, 5) is 3.66. The lowest BCUT2D eigenvalue weighted by Crippen LogP contribution is -2.46. The first-order chi connectivity index (χ1) is 6.42. The normalized spacial score (nSPS) is 15.6. The summed E-state index contributed by atoms with van der Waals surface area (Å²) in [5, 5.41) is 0. The zero-order chi connectivity index (χ0) is 10.8. The van der Waals surface area contributed by atoms with Gasteiger partial charge >= 0.3 is 0 Å². The molecular weight excluding hydrogens is 193 g/mol. The van der Waals surface area contributed by atoms with Crippen molar-refractivity contribution in [3.8, 4) is 0 Å². The second kappa shape index (κ2) is 3.96. The van der Waals surface area contributed by atoms with Crippen molar-refractivity contribution >= 4 is 0 Å². The van der Waals surface area contributed by atoms with E-state index in [-0.39, 0.29) is 6.42 Å². The minimum absolute atomic E-state index is 0.0784. The van der Waals surface area contributed by atoms with E-state index in [1.807, 2.05) is 0 Å². The van der Waals surface area contributed by atoms with E-state index in [1.165, 1.54) is 19.1 Å². The molecule has 0 bridgehead atoms. The number of alkyl halides is 2. The van der Waals surface area contributed by atoms with Crippen LogP contribution in [0.25, 0.3) is 0 Å². The average Bonchev–Trinajstić information content (AvgIpc) is 2.08. The Labute approximate surface area is 79.9 Å². The van der Waals surface area contributed by atoms with Gasteiger partial charge in [0, 0.05) is 12.1 Å². The maximum atomic E-state index is 12.4. The smallest absolute Gasteiger partial charge is 0.256 e. The molecule has 0 amide bonds. The van der Waals surface area contributed by atoms with E-state index in [0.29, 0.717) is 5.69 Å². The van der Waals surface area contributed by atoms with E-state index in [0.717, 1.165) is 6.20 Å². The third kappa shape index (κ3) is 2.70. The molecule has 1 rings (SSSR count). The molecule has 0 aliphatic carbocycles. The van der Waals surface area contributed by atoms with Crippen LogP contribution in [0.5, 0.6) is 0 Å². The number of nitrogens with zero attached hydrogens (tertiary/aromatic N) is 1. The van der Waals surface area contributed by atoms with Gasteiger partial charge in [-0.05, 0) is 19.1 Å². The van der Waals surface area contributed by atoms with Crippen molar-refractivity contribution in [2.24, 2.45) is 5.73 Å². The molecule has 0 fully saturated rings. The van der Waals surface area contributed by atoms with Crippen LogP contribution in [-0.2, 0) is 6.42 Å². The first-order valence-corrected chi connectivity index (χ1v) is 4.09. The number of pyridine rings is 1. The van der Waals surface area contributed by atoms with Gasteiger partial charge < -0.3 is 5.73 Å². The highest BCUT2D eigenvalue weighted by Crippen LogP contribution is 2.16. The molecule has 1 aromatic rings. The summed E-state index contributed by atoms with van der Waals surface area (Å²) in [6.07, 6.45) is -1.73. The Bertz CT molecular complexity index is 295. The van der Waals surface area contributed by atoms with Gasteiger partial charge in [0.25, 0.3) is 6.43 Å². The third-order valence-electron chi connectivity index (χ3n) is 1.85. The summed E-state index contributed by atoms with van der Waals surface area (Å²) in [6, 6.07) is 2.52. The molecular formula is C9H11F3N2. The molecule has 5 heteroatoms. The van der Waals surface area contributed by atoms with Crippen LogP contribution in [0.15, 0.2) is 18.3 Å². The number of hydrogen-bond acceptors (Lipinski definition) is 2. The molecule has 0 spiro atoms. The molecule has 0 aliphatic heterocycles. The Hall–Kier alpha value is -1.10. The predicted octanol–water partition coefficient (Wildman–Crippen LogP) is 1.75. The topological polar surface area (TPSA) is 38.9 Å². The van der Waals surface area contributed by atoms with Crippen molar-refractivity contribution in [3.63, 3.8) is 0 Å².